The van der Waals surface area contributed by atoms with Crippen LogP contribution in [0.4, 0.5) is 11.4 Å². The van der Waals surface area contributed by atoms with E-state index in [1.54, 1.807) is 13.2 Å². The number of amides is 1. The predicted molar refractivity (Wildman–Crippen MR) is 102 cm³/mol. The van der Waals surface area contributed by atoms with E-state index in [1.165, 1.54) is 19.2 Å². The molecule has 6 nitrogen and oxygen atoms in total. The molecule has 0 unspecified atom stereocenters. The minimum atomic E-state index is -0.495. The lowest BCUT2D eigenvalue weighted by atomic mass is 10.2. The molecule has 0 spiro atoms. The van der Waals surface area contributed by atoms with Crippen LogP contribution in [0.3, 0.4) is 0 Å². The van der Waals surface area contributed by atoms with Crippen LogP contribution in [0.5, 0.6) is 5.75 Å². The van der Waals surface area contributed by atoms with Crippen LogP contribution in [0.2, 0.25) is 5.02 Å². The number of rotatable bonds is 7. The van der Waals surface area contributed by atoms with Crippen molar-refractivity contribution in [2.75, 3.05) is 31.4 Å². The van der Waals surface area contributed by atoms with Crippen LogP contribution in [-0.2, 0) is 9.53 Å². The zero-order valence-corrected chi connectivity index (χ0v) is 15.6. The maximum Gasteiger partial charge on any atom is 0.337 e. The van der Waals surface area contributed by atoms with Gasteiger partial charge in [0.15, 0.2) is 0 Å². The van der Waals surface area contributed by atoms with Crippen LogP contribution in [0.25, 0.3) is 0 Å². The number of benzene rings is 2. The molecular formula is C19H21ClN2O4. The molecule has 138 valence electrons. The van der Waals surface area contributed by atoms with Gasteiger partial charge in [0, 0.05) is 13.0 Å². The number of aryl methyl sites for hydroxylation is 1. The maximum atomic E-state index is 12.2. The molecule has 0 saturated carbocycles. The highest BCUT2D eigenvalue weighted by Crippen LogP contribution is 2.26. The fourth-order valence-corrected chi connectivity index (χ4v) is 2.51. The topological polar surface area (TPSA) is 76.7 Å². The van der Waals surface area contributed by atoms with Crippen molar-refractivity contribution in [3.63, 3.8) is 0 Å². The summed E-state index contributed by atoms with van der Waals surface area (Å²) in [6.07, 6.45) is 0.218. The molecule has 0 aliphatic rings. The number of anilines is 2. The van der Waals surface area contributed by atoms with Crippen LogP contribution in [0, 0.1) is 6.92 Å². The number of esters is 1. The molecule has 7 heteroatoms. The largest absolute Gasteiger partial charge is 0.495 e. The lowest BCUT2D eigenvalue weighted by Gasteiger charge is -2.12. The van der Waals surface area contributed by atoms with Crippen LogP contribution in [-0.4, -0.2) is 32.6 Å². The van der Waals surface area contributed by atoms with Gasteiger partial charge in [-0.1, -0.05) is 17.7 Å². The minimum Gasteiger partial charge on any atom is -0.495 e. The summed E-state index contributed by atoms with van der Waals surface area (Å²) in [5.74, 6) is -0.0109. The molecule has 0 heterocycles. The molecule has 2 aromatic rings. The van der Waals surface area contributed by atoms with Gasteiger partial charge in [0.2, 0.25) is 5.91 Å². The van der Waals surface area contributed by atoms with Gasteiger partial charge >= 0.3 is 5.97 Å². The molecule has 0 aromatic heterocycles. The molecule has 0 radical (unpaired) electrons. The molecule has 1 amide bonds. The molecule has 26 heavy (non-hydrogen) atoms. The summed E-state index contributed by atoms with van der Waals surface area (Å²) >= 11 is 6.08. The SMILES string of the molecule is COC(=O)c1ccc(Cl)c(NC(=O)CCNc2cc(C)ccc2OC)c1. The number of hydrogen-bond acceptors (Lipinski definition) is 5. The van der Waals surface area contributed by atoms with Gasteiger partial charge in [-0.15, -0.1) is 0 Å². The van der Waals surface area contributed by atoms with E-state index in [0.717, 1.165) is 11.3 Å². The second kappa shape index (κ2) is 9.10. The second-order valence-electron chi connectivity index (χ2n) is 5.61. The number of nitrogens with one attached hydrogen (secondary N) is 2. The highest BCUT2D eigenvalue weighted by molar-refractivity contribution is 6.33. The Morgan fingerprint density at radius 1 is 1.08 bits per heavy atom. The summed E-state index contributed by atoms with van der Waals surface area (Å²) < 4.78 is 9.96. The molecule has 2 rings (SSSR count). The first kappa shape index (κ1) is 19.6. The van der Waals surface area contributed by atoms with Gasteiger partial charge in [0.25, 0.3) is 0 Å². The van der Waals surface area contributed by atoms with Gasteiger partial charge < -0.3 is 20.1 Å². The zero-order chi connectivity index (χ0) is 19.1. The molecule has 0 bridgehead atoms. The Hall–Kier alpha value is -2.73. The summed E-state index contributed by atoms with van der Waals surface area (Å²) in [4.78, 5) is 23.7. The van der Waals surface area contributed by atoms with Crippen molar-refractivity contribution in [1.82, 2.24) is 0 Å². The summed E-state index contributed by atoms with van der Waals surface area (Å²) in [5, 5.41) is 6.23. The van der Waals surface area contributed by atoms with E-state index >= 15 is 0 Å². The fourth-order valence-electron chi connectivity index (χ4n) is 2.35. The van der Waals surface area contributed by atoms with Crippen molar-refractivity contribution >= 4 is 34.9 Å². The quantitative estimate of drug-likeness (QED) is 0.717. The van der Waals surface area contributed by atoms with Gasteiger partial charge in [-0.25, -0.2) is 4.79 Å². The Morgan fingerprint density at radius 2 is 1.85 bits per heavy atom. The molecule has 0 saturated heterocycles. The summed E-state index contributed by atoms with van der Waals surface area (Å²) in [6.45, 7) is 2.40. The Morgan fingerprint density at radius 3 is 2.54 bits per heavy atom. The number of methoxy groups -OCH3 is 2. The van der Waals surface area contributed by atoms with Crippen molar-refractivity contribution in [1.29, 1.82) is 0 Å². The Kier molecular flexibility index (Phi) is 6.86. The van der Waals surface area contributed by atoms with E-state index < -0.39 is 5.97 Å². The van der Waals surface area contributed by atoms with Crippen molar-refractivity contribution in [2.24, 2.45) is 0 Å². The first-order valence-electron chi connectivity index (χ1n) is 8.01. The summed E-state index contributed by atoms with van der Waals surface area (Å²) in [5.41, 5.74) is 2.60. The molecular weight excluding hydrogens is 356 g/mol. The first-order chi connectivity index (χ1) is 12.4. The van der Waals surface area contributed by atoms with Crippen molar-refractivity contribution in [3.05, 3.63) is 52.5 Å². The van der Waals surface area contributed by atoms with Crippen LogP contribution >= 0.6 is 11.6 Å². The highest BCUT2D eigenvalue weighted by atomic mass is 35.5. The minimum absolute atomic E-state index is 0.218. The lowest BCUT2D eigenvalue weighted by molar-refractivity contribution is -0.115. The third kappa shape index (κ3) is 5.13. The summed E-state index contributed by atoms with van der Waals surface area (Å²) in [6, 6.07) is 10.3. The van der Waals surface area contributed by atoms with E-state index in [-0.39, 0.29) is 12.3 Å². The predicted octanol–water partition coefficient (Wildman–Crippen LogP) is 3.88. The van der Waals surface area contributed by atoms with Crippen molar-refractivity contribution < 1.29 is 19.1 Å². The molecule has 0 aliphatic heterocycles. The average molecular weight is 377 g/mol. The van der Waals surface area contributed by atoms with Crippen LogP contribution < -0.4 is 15.4 Å². The van der Waals surface area contributed by atoms with E-state index in [0.29, 0.717) is 28.6 Å². The zero-order valence-electron chi connectivity index (χ0n) is 14.9. The van der Waals surface area contributed by atoms with Gasteiger partial charge in [-0.05, 0) is 42.8 Å². The monoisotopic (exact) mass is 376 g/mol. The smallest absolute Gasteiger partial charge is 0.337 e. The lowest BCUT2D eigenvalue weighted by Crippen LogP contribution is -2.17. The number of carbonyl (C=O) groups excluding carboxylic acids is 2. The van der Waals surface area contributed by atoms with E-state index in [2.05, 4.69) is 15.4 Å². The molecule has 2 N–H and O–H groups in total. The number of hydrogen-bond donors (Lipinski definition) is 2. The molecule has 2 aromatic carbocycles. The van der Waals surface area contributed by atoms with Gasteiger partial charge in [-0.3, -0.25) is 4.79 Å². The standard InChI is InChI=1S/C19H21ClN2O4/c1-12-4-7-17(25-2)16(10-12)21-9-8-18(23)22-15-11-13(19(24)26-3)5-6-14(15)20/h4-7,10-11,21H,8-9H2,1-3H3,(H,22,23). The third-order valence-corrected chi connectivity index (χ3v) is 4.01. The van der Waals surface area contributed by atoms with Crippen LogP contribution in [0.15, 0.2) is 36.4 Å². The van der Waals surface area contributed by atoms with Gasteiger partial charge in [0.05, 0.1) is 36.2 Å². The van der Waals surface area contributed by atoms with E-state index in [1.807, 2.05) is 25.1 Å². The van der Waals surface area contributed by atoms with Crippen molar-refractivity contribution in [2.45, 2.75) is 13.3 Å². The van der Waals surface area contributed by atoms with Gasteiger partial charge in [0.1, 0.15) is 5.75 Å². The summed E-state index contributed by atoms with van der Waals surface area (Å²) in [7, 11) is 2.89. The second-order valence-corrected chi connectivity index (χ2v) is 6.02. The Labute approximate surface area is 157 Å². The normalized spacial score (nSPS) is 10.2. The highest BCUT2D eigenvalue weighted by Gasteiger charge is 2.11. The number of halogens is 1. The molecule has 0 fully saturated rings. The van der Waals surface area contributed by atoms with Crippen molar-refractivity contribution in [3.8, 4) is 5.75 Å². The number of carbonyl (C=O) groups is 2. The average Bonchev–Trinajstić information content (AvgIpc) is 2.63. The number of ether oxygens (including phenoxy) is 2. The fraction of sp³-hybridized carbons (Fsp3) is 0.263. The first-order valence-corrected chi connectivity index (χ1v) is 8.38. The van der Waals surface area contributed by atoms with E-state index in [9.17, 15) is 9.59 Å². The van der Waals surface area contributed by atoms with E-state index in [4.69, 9.17) is 16.3 Å². The van der Waals surface area contributed by atoms with Gasteiger partial charge in [-0.2, -0.15) is 0 Å². The Balaban J connectivity index is 1.95. The molecule has 0 aliphatic carbocycles. The van der Waals surface area contributed by atoms with Crippen LogP contribution in [0.1, 0.15) is 22.3 Å². The maximum absolute atomic E-state index is 12.2. The molecule has 0 atom stereocenters. The third-order valence-electron chi connectivity index (χ3n) is 3.68. The Bertz CT molecular complexity index is 808.